The molecule has 1 atom stereocenters. The molecule has 0 saturated carbocycles. The maximum Gasteiger partial charge on any atom is 0.236 e. The number of amides is 1. The van der Waals surface area contributed by atoms with Gasteiger partial charge >= 0.3 is 0 Å². The summed E-state index contributed by atoms with van der Waals surface area (Å²) in [5, 5.41) is 11.1. The van der Waals surface area contributed by atoms with Gasteiger partial charge < -0.3 is 11.1 Å². The lowest BCUT2D eigenvalue weighted by Gasteiger charge is -2.11. The molecule has 0 radical (unpaired) electrons. The number of carbonyl (C=O) groups is 1. The summed E-state index contributed by atoms with van der Waals surface area (Å²) in [5.74, 6) is -0.0691. The highest BCUT2D eigenvalue weighted by Gasteiger charge is 2.11. The first kappa shape index (κ1) is 13.9. The van der Waals surface area contributed by atoms with Gasteiger partial charge in [-0.3, -0.25) is 4.79 Å². The van der Waals surface area contributed by atoms with E-state index in [-0.39, 0.29) is 11.9 Å². The molecule has 4 nitrogen and oxygen atoms in total. The molecule has 0 aromatic rings. The van der Waals surface area contributed by atoms with Crippen molar-refractivity contribution in [2.45, 2.75) is 51.5 Å². The van der Waals surface area contributed by atoms with Gasteiger partial charge in [-0.15, -0.1) is 0 Å². The molecule has 86 valence electrons. The summed E-state index contributed by atoms with van der Waals surface area (Å²) in [6.07, 6.45) is 5.03. The molecule has 0 unspecified atom stereocenters. The molecule has 15 heavy (non-hydrogen) atoms. The zero-order valence-electron chi connectivity index (χ0n) is 9.46. The summed E-state index contributed by atoms with van der Waals surface area (Å²) in [5.41, 5.74) is 5.68. The fourth-order valence-electron chi connectivity index (χ4n) is 1.23. The average molecular weight is 211 g/mol. The largest absolute Gasteiger partial charge is 0.355 e. The topological polar surface area (TPSA) is 78.9 Å². The van der Waals surface area contributed by atoms with E-state index in [1.165, 1.54) is 0 Å². The Labute approximate surface area is 91.8 Å². The molecule has 0 aliphatic rings. The van der Waals surface area contributed by atoms with Crippen LogP contribution in [0.5, 0.6) is 0 Å². The van der Waals surface area contributed by atoms with Crippen LogP contribution in [0.25, 0.3) is 0 Å². The number of unbranched alkanes of at least 4 members (excludes halogenated alkanes) is 3. The average Bonchev–Trinajstić information content (AvgIpc) is 2.25. The maximum atomic E-state index is 11.4. The molecule has 0 bridgehead atoms. The molecular weight excluding hydrogens is 190 g/mol. The number of nitriles is 1. The molecule has 3 N–H and O–H groups in total. The Balaban J connectivity index is 3.43. The lowest BCUT2D eigenvalue weighted by molar-refractivity contribution is -0.122. The molecule has 0 spiro atoms. The van der Waals surface area contributed by atoms with Gasteiger partial charge in [0.25, 0.3) is 0 Å². The van der Waals surface area contributed by atoms with Crippen molar-refractivity contribution in [3.8, 4) is 6.07 Å². The molecule has 0 fully saturated rings. The van der Waals surface area contributed by atoms with Crippen molar-refractivity contribution < 1.29 is 4.79 Å². The molecule has 1 amide bonds. The third-order valence-electron chi connectivity index (χ3n) is 2.22. The standard InChI is InChI=1S/C11H21N3O/c1-2-3-7-10(13)11(15)14-9-6-4-5-8-12/h10H,2-7,9,13H2,1H3,(H,14,15)/t10-/m0/s1. The van der Waals surface area contributed by atoms with Gasteiger partial charge in [0.1, 0.15) is 0 Å². The second kappa shape index (κ2) is 9.47. The predicted octanol–water partition coefficient (Wildman–Crippen LogP) is 1.31. The van der Waals surface area contributed by atoms with Crippen LogP contribution < -0.4 is 11.1 Å². The fourth-order valence-corrected chi connectivity index (χ4v) is 1.23. The number of nitrogens with one attached hydrogen (secondary N) is 1. The van der Waals surface area contributed by atoms with Crippen molar-refractivity contribution >= 4 is 5.91 Å². The van der Waals surface area contributed by atoms with Gasteiger partial charge in [-0.2, -0.15) is 5.26 Å². The van der Waals surface area contributed by atoms with Crippen LogP contribution >= 0.6 is 0 Å². The zero-order valence-corrected chi connectivity index (χ0v) is 9.46. The van der Waals surface area contributed by atoms with E-state index in [0.717, 1.165) is 32.1 Å². The van der Waals surface area contributed by atoms with Crippen molar-refractivity contribution in [2.75, 3.05) is 6.54 Å². The van der Waals surface area contributed by atoms with Crippen LogP contribution in [-0.2, 0) is 4.79 Å². The second-order valence-electron chi connectivity index (χ2n) is 3.65. The highest BCUT2D eigenvalue weighted by molar-refractivity contribution is 5.81. The minimum Gasteiger partial charge on any atom is -0.355 e. The van der Waals surface area contributed by atoms with Crippen molar-refractivity contribution in [1.82, 2.24) is 5.32 Å². The first-order chi connectivity index (χ1) is 7.22. The van der Waals surface area contributed by atoms with Gasteiger partial charge in [0.2, 0.25) is 5.91 Å². The van der Waals surface area contributed by atoms with Gasteiger partial charge in [-0.05, 0) is 19.3 Å². The molecule has 0 aromatic heterocycles. The monoisotopic (exact) mass is 211 g/mol. The Morgan fingerprint density at radius 1 is 1.47 bits per heavy atom. The normalized spacial score (nSPS) is 11.8. The number of rotatable bonds is 8. The van der Waals surface area contributed by atoms with Crippen molar-refractivity contribution in [2.24, 2.45) is 5.73 Å². The summed E-state index contributed by atoms with van der Waals surface area (Å²) in [6.45, 7) is 2.70. The van der Waals surface area contributed by atoms with E-state index in [1.54, 1.807) is 0 Å². The molecule has 0 saturated heterocycles. The van der Waals surface area contributed by atoms with Crippen LogP contribution in [0, 0.1) is 11.3 Å². The van der Waals surface area contributed by atoms with Crippen molar-refractivity contribution in [1.29, 1.82) is 5.26 Å². The minimum atomic E-state index is -0.374. The summed E-state index contributed by atoms with van der Waals surface area (Å²) in [7, 11) is 0. The zero-order chi connectivity index (χ0) is 11.5. The molecule has 0 aromatic carbocycles. The van der Waals surface area contributed by atoms with Crippen LogP contribution in [0.4, 0.5) is 0 Å². The maximum absolute atomic E-state index is 11.4. The van der Waals surface area contributed by atoms with Crippen molar-refractivity contribution in [3.63, 3.8) is 0 Å². The Morgan fingerprint density at radius 3 is 2.80 bits per heavy atom. The molecule has 0 rings (SSSR count). The number of nitrogens with two attached hydrogens (primary N) is 1. The lowest BCUT2D eigenvalue weighted by Crippen LogP contribution is -2.40. The molecule has 0 heterocycles. The van der Waals surface area contributed by atoms with E-state index in [4.69, 9.17) is 11.0 Å². The number of carbonyl (C=O) groups excluding carboxylic acids is 1. The van der Waals surface area contributed by atoms with Crippen LogP contribution in [0.15, 0.2) is 0 Å². The SMILES string of the molecule is CCCC[C@H](N)C(=O)NCCCCC#N. The first-order valence-corrected chi connectivity index (χ1v) is 5.62. The summed E-state index contributed by atoms with van der Waals surface area (Å²) >= 11 is 0. The number of hydrogen-bond acceptors (Lipinski definition) is 3. The van der Waals surface area contributed by atoms with Gasteiger partial charge in [-0.1, -0.05) is 19.8 Å². The van der Waals surface area contributed by atoms with Crippen LogP contribution in [0.2, 0.25) is 0 Å². The van der Waals surface area contributed by atoms with Crippen molar-refractivity contribution in [3.05, 3.63) is 0 Å². The third kappa shape index (κ3) is 7.95. The molecular formula is C11H21N3O. The number of hydrogen-bond donors (Lipinski definition) is 2. The highest BCUT2D eigenvalue weighted by atomic mass is 16.2. The third-order valence-corrected chi connectivity index (χ3v) is 2.22. The van der Waals surface area contributed by atoms with Crippen LogP contribution in [0.1, 0.15) is 45.4 Å². The highest BCUT2D eigenvalue weighted by Crippen LogP contribution is 1.98. The second-order valence-corrected chi connectivity index (χ2v) is 3.65. The van der Waals surface area contributed by atoms with E-state index >= 15 is 0 Å². The van der Waals surface area contributed by atoms with Gasteiger partial charge in [-0.25, -0.2) is 0 Å². The minimum absolute atomic E-state index is 0.0691. The lowest BCUT2D eigenvalue weighted by atomic mass is 10.1. The van der Waals surface area contributed by atoms with E-state index < -0.39 is 0 Å². The van der Waals surface area contributed by atoms with Gasteiger partial charge in [0.05, 0.1) is 12.1 Å². The smallest absolute Gasteiger partial charge is 0.236 e. The Hall–Kier alpha value is -1.08. The molecule has 0 aliphatic carbocycles. The first-order valence-electron chi connectivity index (χ1n) is 5.62. The van der Waals surface area contributed by atoms with E-state index in [0.29, 0.717) is 13.0 Å². The Bertz CT molecular complexity index is 210. The van der Waals surface area contributed by atoms with E-state index in [9.17, 15) is 4.79 Å². The predicted molar refractivity (Wildman–Crippen MR) is 60.0 cm³/mol. The summed E-state index contributed by atoms with van der Waals surface area (Å²) < 4.78 is 0. The summed E-state index contributed by atoms with van der Waals surface area (Å²) in [4.78, 5) is 11.4. The van der Waals surface area contributed by atoms with Gasteiger partial charge in [0, 0.05) is 13.0 Å². The van der Waals surface area contributed by atoms with Crippen LogP contribution in [0.3, 0.4) is 0 Å². The van der Waals surface area contributed by atoms with Gasteiger partial charge in [0.15, 0.2) is 0 Å². The van der Waals surface area contributed by atoms with E-state index in [1.807, 2.05) is 0 Å². The Kier molecular flexibility index (Phi) is 8.79. The Morgan fingerprint density at radius 2 is 2.20 bits per heavy atom. The number of nitrogens with zero attached hydrogens (tertiary/aromatic N) is 1. The van der Waals surface area contributed by atoms with E-state index in [2.05, 4.69) is 18.3 Å². The van der Waals surface area contributed by atoms with Crippen LogP contribution in [-0.4, -0.2) is 18.5 Å². The fraction of sp³-hybridized carbons (Fsp3) is 0.818. The quantitative estimate of drug-likeness (QED) is 0.594. The molecule has 4 heteroatoms. The molecule has 0 aliphatic heterocycles. The summed E-state index contributed by atoms with van der Waals surface area (Å²) in [6, 6.07) is 1.69.